The van der Waals surface area contributed by atoms with Gasteiger partial charge in [-0.25, -0.2) is 0 Å². The van der Waals surface area contributed by atoms with Crippen molar-refractivity contribution in [1.29, 1.82) is 0 Å². The monoisotopic (exact) mass is 186 g/mol. The number of aliphatic hydroxyl groups excluding tert-OH is 1. The summed E-state index contributed by atoms with van der Waals surface area (Å²) in [7, 11) is 0. The molecule has 4 nitrogen and oxygen atoms in total. The Labute approximate surface area is 78.7 Å². The van der Waals surface area contributed by atoms with Crippen molar-refractivity contribution < 1.29 is 9.90 Å². The van der Waals surface area contributed by atoms with Crippen LogP contribution >= 0.6 is 0 Å². The van der Waals surface area contributed by atoms with Crippen LogP contribution in [0.3, 0.4) is 0 Å². The third-order valence-electron chi connectivity index (χ3n) is 2.89. The molecule has 0 bridgehead atoms. The Kier molecular flexibility index (Phi) is 2.93. The Morgan fingerprint density at radius 1 is 1.69 bits per heavy atom. The number of hydrogen-bond acceptors (Lipinski definition) is 3. The zero-order chi connectivity index (χ0) is 10.1. The molecule has 1 atom stereocenters. The smallest absolute Gasteiger partial charge is 0.236 e. The van der Waals surface area contributed by atoms with Crippen molar-refractivity contribution in [3.05, 3.63) is 0 Å². The zero-order valence-electron chi connectivity index (χ0n) is 8.29. The van der Waals surface area contributed by atoms with Gasteiger partial charge in [-0.1, -0.05) is 13.8 Å². The van der Waals surface area contributed by atoms with E-state index >= 15 is 0 Å². The number of likely N-dealkylation sites (tertiary alicyclic amines) is 1. The van der Waals surface area contributed by atoms with Gasteiger partial charge in [0.15, 0.2) is 0 Å². The molecule has 1 heterocycles. The van der Waals surface area contributed by atoms with E-state index in [-0.39, 0.29) is 30.4 Å². The van der Waals surface area contributed by atoms with Crippen LogP contribution in [0.1, 0.15) is 13.8 Å². The average molecular weight is 186 g/mol. The molecule has 0 unspecified atom stereocenters. The highest BCUT2D eigenvalue weighted by Gasteiger charge is 2.40. The van der Waals surface area contributed by atoms with Crippen LogP contribution in [0, 0.1) is 11.3 Å². The lowest BCUT2D eigenvalue weighted by molar-refractivity contribution is -0.129. The average Bonchev–Trinajstić information content (AvgIpc) is 2.39. The molecule has 0 aliphatic carbocycles. The van der Waals surface area contributed by atoms with Crippen molar-refractivity contribution >= 4 is 5.91 Å². The van der Waals surface area contributed by atoms with Crippen molar-refractivity contribution in [1.82, 2.24) is 4.90 Å². The summed E-state index contributed by atoms with van der Waals surface area (Å²) in [5.74, 6) is 0.159. The summed E-state index contributed by atoms with van der Waals surface area (Å²) in [4.78, 5) is 13.0. The lowest BCUT2D eigenvalue weighted by Crippen LogP contribution is -2.35. The topological polar surface area (TPSA) is 66.6 Å². The predicted octanol–water partition coefficient (Wildman–Crippen LogP) is -0.578. The highest BCUT2D eigenvalue weighted by atomic mass is 16.3. The Hall–Kier alpha value is -0.610. The molecule has 1 aliphatic heterocycles. The van der Waals surface area contributed by atoms with Crippen LogP contribution in [-0.2, 0) is 4.79 Å². The van der Waals surface area contributed by atoms with E-state index in [9.17, 15) is 4.79 Å². The molecule has 1 fully saturated rings. The minimum atomic E-state index is -0.0241. The van der Waals surface area contributed by atoms with Gasteiger partial charge in [-0.3, -0.25) is 4.79 Å². The third-order valence-corrected chi connectivity index (χ3v) is 2.89. The first-order chi connectivity index (χ1) is 6.01. The van der Waals surface area contributed by atoms with Gasteiger partial charge in [-0.15, -0.1) is 0 Å². The van der Waals surface area contributed by atoms with Gasteiger partial charge in [0.1, 0.15) is 0 Å². The quantitative estimate of drug-likeness (QED) is 0.606. The van der Waals surface area contributed by atoms with Crippen LogP contribution in [0.5, 0.6) is 0 Å². The molecule has 13 heavy (non-hydrogen) atoms. The SMILES string of the molecule is CC1(C)CN(C(=O)CN)C[C@H]1CO. The molecule has 1 amide bonds. The number of rotatable bonds is 2. The molecule has 0 aromatic carbocycles. The number of aliphatic hydroxyl groups is 1. The molecule has 0 saturated carbocycles. The minimum absolute atomic E-state index is 0.0135. The summed E-state index contributed by atoms with van der Waals surface area (Å²) in [5.41, 5.74) is 5.29. The largest absolute Gasteiger partial charge is 0.396 e. The van der Waals surface area contributed by atoms with Gasteiger partial charge in [0, 0.05) is 25.6 Å². The van der Waals surface area contributed by atoms with Gasteiger partial charge < -0.3 is 15.7 Å². The standard InChI is InChI=1S/C9H18N2O2/c1-9(2)6-11(8(13)3-10)4-7(9)5-12/h7,12H,3-6,10H2,1-2H3/t7-/m0/s1. The maximum atomic E-state index is 11.3. The summed E-state index contributed by atoms with van der Waals surface area (Å²) in [6.07, 6.45) is 0. The van der Waals surface area contributed by atoms with Crippen molar-refractivity contribution in [2.24, 2.45) is 17.1 Å². The zero-order valence-corrected chi connectivity index (χ0v) is 8.29. The van der Waals surface area contributed by atoms with E-state index in [0.29, 0.717) is 13.1 Å². The van der Waals surface area contributed by atoms with Gasteiger partial charge in [-0.05, 0) is 5.41 Å². The summed E-state index contributed by atoms with van der Waals surface area (Å²) in [5, 5.41) is 9.10. The van der Waals surface area contributed by atoms with E-state index in [1.54, 1.807) is 4.90 Å². The van der Waals surface area contributed by atoms with Gasteiger partial charge in [0.05, 0.1) is 6.54 Å². The molecule has 1 aliphatic rings. The lowest BCUT2D eigenvalue weighted by Gasteiger charge is -2.23. The van der Waals surface area contributed by atoms with E-state index in [4.69, 9.17) is 10.8 Å². The molecular weight excluding hydrogens is 168 g/mol. The number of hydrogen-bond donors (Lipinski definition) is 2. The van der Waals surface area contributed by atoms with Crippen molar-refractivity contribution in [2.45, 2.75) is 13.8 Å². The fraction of sp³-hybridized carbons (Fsp3) is 0.889. The number of nitrogens with zero attached hydrogens (tertiary/aromatic N) is 1. The summed E-state index contributed by atoms with van der Waals surface area (Å²) in [6.45, 7) is 5.68. The molecule has 4 heteroatoms. The van der Waals surface area contributed by atoms with Crippen molar-refractivity contribution in [3.8, 4) is 0 Å². The van der Waals surface area contributed by atoms with Crippen molar-refractivity contribution in [3.63, 3.8) is 0 Å². The van der Waals surface area contributed by atoms with Gasteiger partial charge in [0.2, 0.25) is 5.91 Å². The predicted molar refractivity (Wildman–Crippen MR) is 50.0 cm³/mol. The van der Waals surface area contributed by atoms with E-state index in [2.05, 4.69) is 13.8 Å². The van der Waals surface area contributed by atoms with E-state index in [0.717, 1.165) is 0 Å². The van der Waals surface area contributed by atoms with Crippen LogP contribution in [-0.4, -0.2) is 42.2 Å². The Bertz CT molecular complexity index is 204. The summed E-state index contributed by atoms with van der Waals surface area (Å²) in [6, 6.07) is 0. The fourth-order valence-corrected chi connectivity index (χ4v) is 1.82. The highest BCUT2D eigenvalue weighted by molar-refractivity contribution is 5.78. The molecule has 0 aromatic heterocycles. The molecular formula is C9H18N2O2. The molecule has 0 aromatic rings. The second-order valence-corrected chi connectivity index (χ2v) is 4.35. The molecule has 1 rings (SSSR count). The Morgan fingerprint density at radius 3 is 2.69 bits per heavy atom. The fourth-order valence-electron chi connectivity index (χ4n) is 1.82. The highest BCUT2D eigenvalue weighted by Crippen LogP contribution is 2.34. The van der Waals surface area contributed by atoms with Gasteiger partial charge in [-0.2, -0.15) is 0 Å². The molecule has 0 spiro atoms. The van der Waals surface area contributed by atoms with Gasteiger partial charge in [0.25, 0.3) is 0 Å². The third kappa shape index (κ3) is 2.00. The number of amides is 1. The number of carbonyl (C=O) groups excluding carboxylic acids is 1. The summed E-state index contributed by atoms with van der Waals surface area (Å²) < 4.78 is 0. The van der Waals surface area contributed by atoms with Crippen LogP contribution in [0.25, 0.3) is 0 Å². The minimum Gasteiger partial charge on any atom is -0.396 e. The summed E-state index contributed by atoms with van der Waals surface area (Å²) >= 11 is 0. The second-order valence-electron chi connectivity index (χ2n) is 4.35. The van der Waals surface area contributed by atoms with Crippen LogP contribution in [0.15, 0.2) is 0 Å². The normalized spacial score (nSPS) is 26.5. The first-order valence-corrected chi connectivity index (χ1v) is 4.60. The first-order valence-electron chi connectivity index (χ1n) is 4.60. The van der Waals surface area contributed by atoms with Crippen molar-refractivity contribution in [2.75, 3.05) is 26.2 Å². The maximum Gasteiger partial charge on any atom is 0.236 e. The Balaban J connectivity index is 2.64. The van der Waals surface area contributed by atoms with Crippen LogP contribution in [0.2, 0.25) is 0 Å². The first kappa shape index (κ1) is 10.5. The Morgan fingerprint density at radius 2 is 2.31 bits per heavy atom. The van der Waals surface area contributed by atoms with Gasteiger partial charge >= 0.3 is 0 Å². The maximum absolute atomic E-state index is 11.3. The number of nitrogens with two attached hydrogens (primary N) is 1. The second kappa shape index (κ2) is 3.64. The molecule has 0 radical (unpaired) electrons. The number of carbonyl (C=O) groups is 1. The van der Waals surface area contributed by atoms with E-state index < -0.39 is 0 Å². The van der Waals surface area contributed by atoms with E-state index in [1.807, 2.05) is 0 Å². The van der Waals surface area contributed by atoms with Crippen LogP contribution < -0.4 is 5.73 Å². The molecule has 3 N–H and O–H groups in total. The lowest BCUT2D eigenvalue weighted by atomic mass is 9.83. The molecule has 76 valence electrons. The van der Waals surface area contributed by atoms with Crippen LogP contribution in [0.4, 0.5) is 0 Å². The molecule has 1 saturated heterocycles. The van der Waals surface area contributed by atoms with E-state index in [1.165, 1.54) is 0 Å².